The molecule has 0 bridgehead atoms. The van der Waals surface area contributed by atoms with Gasteiger partial charge >= 0.3 is 5.97 Å². The van der Waals surface area contributed by atoms with Gasteiger partial charge in [0.1, 0.15) is 17.7 Å². The van der Waals surface area contributed by atoms with E-state index in [2.05, 4.69) is 5.10 Å². The number of nitrogens with zero attached hydrogens (tertiary/aromatic N) is 3. The van der Waals surface area contributed by atoms with Gasteiger partial charge in [-0.25, -0.2) is 9.48 Å². The zero-order valence-electron chi connectivity index (χ0n) is 19.0. The predicted molar refractivity (Wildman–Crippen MR) is 126 cm³/mol. The molecule has 2 aromatic carbocycles. The van der Waals surface area contributed by atoms with Crippen molar-refractivity contribution in [2.45, 2.75) is 42.9 Å². The molecule has 0 saturated heterocycles. The van der Waals surface area contributed by atoms with Gasteiger partial charge in [-0.3, -0.25) is 4.79 Å². The Labute approximate surface area is 201 Å². The number of amides is 1. The van der Waals surface area contributed by atoms with Crippen molar-refractivity contribution >= 4 is 23.9 Å². The first-order valence-electron chi connectivity index (χ1n) is 12.0. The predicted octanol–water partition coefficient (Wildman–Crippen LogP) is 3.43. The summed E-state index contributed by atoms with van der Waals surface area (Å²) in [5, 5.41) is 14.4. The Kier molecular flexibility index (Phi) is 3.98. The summed E-state index contributed by atoms with van der Waals surface area (Å²) in [5.41, 5.74) is 3.43. The van der Waals surface area contributed by atoms with Gasteiger partial charge in [-0.05, 0) is 67.1 Å². The normalized spacial score (nSPS) is 20.2. The minimum atomic E-state index is -1.12. The number of carbonyl (C=O) groups excluding carboxylic acids is 2. The molecule has 3 heterocycles. The van der Waals surface area contributed by atoms with Crippen molar-refractivity contribution in [3.63, 3.8) is 0 Å². The summed E-state index contributed by atoms with van der Waals surface area (Å²) in [6.45, 7) is 1.02. The number of aromatic carboxylic acids is 1. The first kappa shape index (κ1) is 20.4. The van der Waals surface area contributed by atoms with Crippen LogP contribution in [0.1, 0.15) is 63.4 Å². The van der Waals surface area contributed by atoms with Crippen LogP contribution >= 0.6 is 0 Å². The molecule has 2 aliphatic heterocycles. The Morgan fingerprint density at radius 2 is 1.80 bits per heavy atom. The Bertz CT molecular complexity index is 1430. The molecule has 0 radical (unpaired) electrons. The largest absolute Gasteiger partial charge is 0.493 e. The van der Waals surface area contributed by atoms with Crippen LogP contribution < -0.4 is 9.64 Å². The van der Waals surface area contributed by atoms with Crippen molar-refractivity contribution in [1.29, 1.82) is 0 Å². The number of carboxylic acid groups (broad SMARTS) is 1. The van der Waals surface area contributed by atoms with Gasteiger partial charge in [-0.15, -0.1) is 0 Å². The highest BCUT2D eigenvalue weighted by Gasteiger charge is 2.56. The van der Waals surface area contributed by atoms with Crippen LogP contribution in [0.5, 0.6) is 5.75 Å². The molecule has 2 aliphatic carbocycles. The number of rotatable bonds is 5. The minimum absolute atomic E-state index is 0.0424. The molecule has 7 rings (SSSR count). The number of carbonyl (C=O) groups is 3. The zero-order valence-corrected chi connectivity index (χ0v) is 19.0. The van der Waals surface area contributed by atoms with E-state index < -0.39 is 11.4 Å². The smallest absolute Gasteiger partial charge is 0.356 e. The van der Waals surface area contributed by atoms with Gasteiger partial charge < -0.3 is 19.5 Å². The highest BCUT2D eigenvalue weighted by Crippen LogP contribution is 2.55. The van der Waals surface area contributed by atoms with Gasteiger partial charge in [-0.2, -0.15) is 5.10 Å². The number of hydrogen-bond donors (Lipinski definition) is 1. The summed E-state index contributed by atoms with van der Waals surface area (Å²) in [4.78, 5) is 39.4. The first-order chi connectivity index (χ1) is 16.9. The monoisotopic (exact) mass is 469 g/mol. The molecule has 1 N–H and O–H groups in total. The number of carboxylic acids is 1. The van der Waals surface area contributed by atoms with Crippen LogP contribution in [0.3, 0.4) is 0 Å². The minimum Gasteiger partial charge on any atom is -0.493 e. The molecule has 1 spiro atoms. The van der Waals surface area contributed by atoms with Gasteiger partial charge in [0.25, 0.3) is 5.91 Å². The molecule has 1 aromatic heterocycles. The van der Waals surface area contributed by atoms with E-state index in [4.69, 9.17) is 4.74 Å². The summed E-state index contributed by atoms with van der Waals surface area (Å²) in [6.07, 6.45) is 5.10. The number of aldehydes is 1. The summed E-state index contributed by atoms with van der Waals surface area (Å²) >= 11 is 0. The number of aromatic nitrogens is 2. The lowest BCUT2D eigenvalue weighted by Crippen LogP contribution is -2.44. The molecule has 2 fully saturated rings. The second-order valence-electron chi connectivity index (χ2n) is 10.2. The van der Waals surface area contributed by atoms with E-state index in [0.29, 0.717) is 30.1 Å². The molecule has 35 heavy (non-hydrogen) atoms. The highest BCUT2D eigenvalue weighted by molar-refractivity contribution is 6.10. The second kappa shape index (κ2) is 6.81. The van der Waals surface area contributed by atoms with E-state index in [-0.39, 0.29) is 17.0 Å². The van der Waals surface area contributed by atoms with Crippen LogP contribution in [0.4, 0.5) is 5.69 Å². The quantitative estimate of drug-likeness (QED) is 0.575. The van der Waals surface area contributed by atoms with Crippen molar-refractivity contribution in [2.24, 2.45) is 0 Å². The number of anilines is 1. The fraction of sp³-hybridized carbons (Fsp3) is 0.333. The average molecular weight is 469 g/mol. The fourth-order valence-corrected chi connectivity index (χ4v) is 5.69. The summed E-state index contributed by atoms with van der Waals surface area (Å²) in [7, 11) is 0. The van der Waals surface area contributed by atoms with E-state index in [1.54, 1.807) is 4.90 Å². The molecule has 176 valence electrons. The van der Waals surface area contributed by atoms with Crippen molar-refractivity contribution in [1.82, 2.24) is 9.78 Å². The van der Waals surface area contributed by atoms with Crippen molar-refractivity contribution < 1.29 is 24.2 Å². The lowest BCUT2D eigenvalue weighted by Gasteiger charge is -2.33. The number of benzene rings is 2. The molecule has 8 nitrogen and oxygen atoms in total. The zero-order chi connectivity index (χ0) is 23.9. The van der Waals surface area contributed by atoms with Gasteiger partial charge in [-0.1, -0.05) is 12.1 Å². The van der Waals surface area contributed by atoms with E-state index >= 15 is 0 Å². The maximum Gasteiger partial charge on any atom is 0.356 e. The van der Waals surface area contributed by atoms with Crippen LogP contribution in [0.2, 0.25) is 0 Å². The average Bonchev–Trinajstić information content (AvgIpc) is 3.74. The summed E-state index contributed by atoms with van der Waals surface area (Å²) in [5.74, 6) is -0.577. The maximum absolute atomic E-state index is 13.9. The van der Waals surface area contributed by atoms with E-state index in [1.807, 2.05) is 42.5 Å². The third kappa shape index (κ3) is 2.85. The van der Waals surface area contributed by atoms with Gasteiger partial charge in [0.15, 0.2) is 5.69 Å². The van der Waals surface area contributed by atoms with Gasteiger partial charge in [0, 0.05) is 29.6 Å². The van der Waals surface area contributed by atoms with Gasteiger partial charge in [0.05, 0.1) is 17.7 Å². The van der Waals surface area contributed by atoms with Gasteiger partial charge in [0.2, 0.25) is 0 Å². The number of ether oxygens (including phenoxy) is 1. The van der Waals surface area contributed by atoms with E-state index in [1.165, 1.54) is 4.68 Å². The Morgan fingerprint density at radius 1 is 1.06 bits per heavy atom. The standard InChI is InChI=1S/C27H23N3O5/c31-15-27(10-11-27)17-1-3-18(4-2-17)29-14-26(8-9-26)21-22(25(33)34)28-30(23(21)24(29)32)19-5-6-20-16(13-19)7-12-35-20/h1-6,13,15H,7-12,14H2,(H,33,34). The Hall–Kier alpha value is -3.94. The fourth-order valence-electron chi connectivity index (χ4n) is 5.69. The molecule has 4 aliphatic rings. The molecule has 0 atom stereocenters. The molecule has 1 amide bonds. The molecule has 8 heteroatoms. The Morgan fingerprint density at radius 3 is 2.46 bits per heavy atom. The van der Waals surface area contributed by atoms with Crippen LogP contribution in [0, 0.1) is 0 Å². The molecule has 3 aromatic rings. The Balaban J connectivity index is 1.35. The van der Waals surface area contributed by atoms with Crippen molar-refractivity contribution in [3.8, 4) is 11.4 Å². The number of fused-ring (bicyclic) bond motifs is 3. The molecular weight excluding hydrogens is 446 g/mol. The molecule has 0 unspecified atom stereocenters. The third-order valence-corrected chi connectivity index (χ3v) is 8.07. The summed E-state index contributed by atoms with van der Waals surface area (Å²) < 4.78 is 7.12. The lowest BCUT2D eigenvalue weighted by atomic mass is 9.88. The van der Waals surface area contributed by atoms with Crippen molar-refractivity contribution in [3.05, 3.63) is 70.5 Å². The molecule has 2 saturated carbocycles. The topological polar surface area (TPSA) is 102 Å². The second-order valence-corrected chi connectivity index (χ2v) is 10.2. The first-order valence-corrected chi connectivity index (χ1v) is 12.0. The van der Waals surface area contributed by atoms with Crippen molar-refractivity contribution in [2.75, 3.05) is 18.1 Å². The van der Waals surface area contributed by atoms with E-state index in [9.17, 15) is 19.5 Å². The van der Waals surface area contributed by atoms with Crippen LogP contribution in [-0.4, -0.2) is 46.2 Å². The number of hydrogen-bond acceptors (Lipinski definition) is 5. The van der Waals surface area contributed by atoms with Crippen LogP contribution in [0.25, 0.3) is 5.69 Å². The molecular formula is C27H23N3O5. The SMILES string of the molecule is O=CC1(c2ccc(N3CC4(CC4)c4c(C(=O)O)nn(-c5ccc6c(c5)CCO6)c4C3=O)cc2)CC1. The highest BCUT2D eigenvalue weighted by atomic mass is 16.5. The third-order valence-electron chi connectivity index (χ3n) is 8.07. The van der Waals surface area contributed by atoms with Crippen LogP contribution in [0.15, 0.2) is 42.5 Å². The van der Waals surface area contributed by atoms with E-state index in [0.717, 1.165) is 61.0 Å². The lowest BCUT2D eigenvalue weighted by molar-refractivity contribution is -0.109. The maximum atomic E-state index is 13.9. The summed E-state index contributed by atoms with van der Waals surface area (Å²) in [6, 6.07) is 13.2. The van der Waals surface area contributed by atoms with Crippen LogP contribution in [-0.2, 0) is 22.0 Å².